The average Bonchev–Trinajstić information content (AvgIpc) is 3.02. The normalized spacial score (nSPS) is 20.5. The number of ether oxygens (including phenoxy) is 1. The molecule has 0 spiro atoms. The number of hydrogen-bond acceptors (Lipinski definition) is 3. The number of nitrogens with zero attached hydrogens (tertiary/aromatic N) is 1. The third-order valence-corrected chi connectivity index (χ3v) is 4.98. The number of likely N-dealkylation sites (tertiary alicyclic amines) is 1. The molecule has 132 valence electrons. The summed E-state index contributed by atoms with van der Waals surface area (Å²) in [7, 11) is 0. The van der Waals surface area contributed by atoms with Gasteiger partial charge in [-0.2, -0.15) is 0 Å². The van der Waals surface area contributed by atoms with Crippen molar-refractivity contribution in [2.24, 2.45) is 11.3 Å². The highest BCUT2D eigenvalue weighted by atomic mass is 16.5. The molecule has 1 fully saturated rings. The first-order chi connectivity index (χ1) is 11.5. The molecule has 24 heavy (non-hydrogen) atoms. The van der Waals surface area contributed by atoms with Gasteiger partial charge in [-0.05, 0) is 24.3 Å². The first-order valence-corrected chi connectivity index (χ1v) is 8.58. The smallest absolute Gasteiger partial charge is 0.311 e. The molecular weight excluding hydrogens is 306 g/mol. The van der Waals surface area contributed by atoms with Crippen molar-refractivity contribution in [2.75, 3.05) is 19.7 Å². The third-order valence-electron chi connectivity index (χ3n) is 4.98. The lowest BCUT2D eigenvalue weighted by Crippen LogP contribution is -2.40. The lowest BCUT2D eigenvalue weighted by molar-refractivity contribution is -0.151. The lowest BCUT2D eigenvalue weighted by atomic mass is 9.76. The highest BCUT2D eigenvalue weighted by Crippen LogP contribution is 2.38. The van der Waals surface area contributed by atoms with E-state index in [2.05, 4.69) is 0 Å². The molecule has 1 saturated heterocycles. The quantitative estimate of drug-likeness (QED) is 0.743. The van der Waals surface area contributed by atoms with Crippen LogP contribution < -0.4 is 0 Å². The van der Waals surface area contributed by atoms with Crippen LogP contribution in [0.25, 0.3) is 0 Å². The second-order valence-electron chi connectivity index (χ2n) is 6.82. The van der Waals surface area contributed by atoms with Crippen molar-refractivity contribution in [2.45, 2.75) is 39.7 Å². The van der Waals surface area contributed by atoms with Crippen molar-refractivity contribution in [1.82, 2.24) is 4.90 Å². The number of amides is 1. The largest absolute Gasteiger partial charge is 0.481 e. The van der Waals surface area contributed by atoms with Crippen LogP contribution in [-0.4, -0.2) is 41.6 Å². The summed E-state index contributed by atoms with van der Waals surface area (Å²) in [4.78, 5) is 25.6. The summed E-state index contributed by atoms with van der Waals surface area (Å²) in [5.41, 5.74) is 0.325. The fourth-order valence-corrected chi connectivity index (χ4v) is 3.19. The highest BCUT2D eigenvalue weighted by Gasteiger charge is 2.48. The zero-order chi connectivity index (χ0) is 17.6. The van der Waals surface area contributed by atoms with Gasteiger partial charge in [0.15, 0.2) is 0 Å². The summed E-state index contributed by atoms with van der Waals surface area (Å²) in [5, 5.41) is 9.53. The van der Waals surface area contributed by atoms with Gasteiger partial charge in [0.1, 0.15) is 0 Å². The van der Waals surface area contributed by atoms with E-state index in [4.69, 9.17) is 4.74 Å². The van der Waals surface area contributed by atoms with E-state index in [9.17, 15) is 14.7 Å². The van der Waals surface area contributed by atoms with E-state index >= 15 is 0 Å². The molecule has 0 aromatic heterocycles. The molecule has 1 N–H and O–H groups in total. The Morgan fingerprint density at radius 3 is 2.58 bits per heavy atom. The van der Waals surface area contributed by atoms with Crippen LogP contribution in [0.1, 0.15) is 38.7 Å². The van der Waals surface area contributed by atoms with Crippen LogP contribution in [0, 0.1) is 11.3 Å². The van der Waals surface area contributed by atoms with Crippen molar-refractivity contribution in [3.05, 3.63) is 35.9 Å². The number of carboxylic acids is 1. The molecule has 1 heterocycles. The van der Waals surface area contributed by atoms with E-state index in [1.165, 1.54) is 0 Å². The topological polar surface area (TPSA) is 66.8 Å². The minimum absolute atomic E-state index is 0.0157. The van der Waals surface area contributed by atoms with Gasteiger partial charge in [-0.1, -0.05) is 44.2 Å². The van der Waals surface area contributed by atoms with Gasteiger partial charge >= 0.3 is 5.97 Å². The van der Waals surface area contributed by atoms with Crippen molar-refractivity contribution < 1.29 is 19.4 Å². The SMILES string of the molecule is CC(C)C1(C(=O)O)CCN(C(=O)CCCOCc2ccccc2)C1. The molecule has 0 radical (unpaired) electrons. The third kappa shape index (κ3) is 4.35. The van der Waals surface area contributed by atoms with Gasteiger partial charge in [-0.25, -0.2) is 0 Å². The molecule has 0 saturated carbocycles. The van der Waals surface area contributed by atoms with Crippen molar-refractivity contribution in [1.29, 1.82) is 0 Å². The highest BCUT2D eigenvalue weighted by molar-refractivity contribution is 5.80. The first kappa shape index (κ1) is 18.5. The Morgan fingerprint density at radius 1 is 1.29 bits per heavy atom. The van der Waals surface area contributed by atoms with E-state index < -0.39 is 11.4 Å². The molecule has 5 nitrogen and oxygen atoms in total. The Morgan fingerprint density at radius 2 is 2.00 bits per heavy atom. The molecule has 1 atom stereocenters. The number of hydrogen-bond donors (Lipinski definition) is 1. The van der Waals surface area contributed by atoms with Crippen LogP contribution in [0.3, 0.4) is 0 Å². The Hall–Kier alpha value is -1.88. The van der Waals surface area contributed by atoms with Gasteiger partial charge in [0, 0.05) is 26.1 Å². The molecule has 0 bridgehead atoms. The number of carbonyl (C=O) groups excluding carboxylic acids is 1. The standard InChI is InChI=1S/C19H27NO4/c1-15(2)19(18(22)23)10-11-20(14-19)17(21)9-6-12-24-13-16-7-4-3-5-8-16/h3-5,7-8,15H,6,9-14H2,1-2H3,(H,22,23). The second kappa shape index (κ2) is 8.29. The minimum Gasteiger partial charge on any atom is -0.481 e. The average molecular weight is 333 g/mol. The molecule has 1 aromatic carbocycles. The van der Waals surface area contributed by atoms with Crippen molar-refractivity contribution >= 4 is 11.9 Å². The van der Waals surface area contributed by atoms with Gasteiger partial charge in [0.25, 0.3) is 0 Å². The maximum atomic E-state index is 12.3. The molecular formula is C19H27NO4. The maximum Gasteiger partial charge on any atom is 0.311 e. The maximum absolute atomic E-state index is 12.3. The number of rotatable bonds is 8. The fraction of sp³-hybridized carbons (Fsp3) is 0.579. The van der Waals surface area contributed by atoms with Crippen LogP contribution in [-0.2, 0) is 20.9 Å². The molecule has 1 unspecified atom stereocenters. The van der Waals surface area contributed by atoms with E-state index in [1.54, 1.807) is 4.90 Å². The molecule has 5 heteroatoms. The summed E-state index contributed by atoms with van der Waals surface area (Å²) in [6.07, 6.45) is 1.60. The van der Waals surface area contributed by atoms with Gasteiger partial charge in [0.05, 0.1) is 12.0 Å². The zero-order valence-corrected chi connectivity index (χ0v) is 14.5. The number of aliphatic carboxylic acids is 1. The van der Waals surface area contributed by atoms with Gasteiger partial charge < -0.3 is 14.7 Å². The number of carboxylic acid groups (broad SMARTS) is 1. The Balaban J connectivity index is 1.71. The number of benzene rings is 1. The predicted octanol–water partition coefficient (Wildman–Crippen LogP) is 2.94. The van der Waals surface area contributed by atoms with Crippen molar-refractivity contribution in [3.63, 3.8) is 0 Å². The van der Waals surface area contributed by atoms with Crippen LogP contribution in [0.4, 0.5) is 0 Å². The summed E-state index contributed by atoms with van der Waals surface area (Å²) in [6.45, 7) is 5.77. The lowest BCUT2D eigenvalue weighted by Gasteiger charge is -2.28. The number of carbonyl (C=O) groups is 2. The van der Waals surface area contributed by atoms with Crippen LogP contribution in [0.2, 0.25) is 0 Å². The molecule has 2 rings (SSSR count). The Labute approximate surface area is 143 Å². The summed E-state index contributed by atoms with van der Waals surface area (Å²) in [5.74, 6) is -0.747. The fourth-order valence-electron chi connectivity index (χ4n) is 3.19. The van der Waals surface area contributed by atoms with E-state index in [0.29, 0.717) is 45.6 Å². The van der Waals surface area contributed by atoms with E-state index in [0.717, 1.165) is 5.56 Å². The molecule has 0 aliphatic carbocycles. The monoisotopic (exact) mass is 333 g/mol. The van der Waals surface area contributed by atoms with Crippen LogP contribution in [0.15, 0.2) is 30.3 Å². The predicted molar refractivity (Wildman–Crippen MR) is 91.4 cm³/mol. The van der Waals surface area contributed by atoms with Crippen LogP contribution in [0.5, 0.6) is 0 Å². The molecule has 1 aliphatic heterocycles. The molecule has 1 aliphatic rings. The van der Waals surface area contributed by atoms with Crippen molar-refractivity contribution in [3.8, 4) is 0 Å². The molecule has 1 aromatic rings. The first-order valence-electron chi connectivity index (χ1n) is 8.58. The zero-order valence-electron chi connectivity index (χ0n) is 14.5. The summed E-state index contributed by atoms with van der Waals surface area (Å²) < 4.78 is 5.59. The van der Waals surface area contributed by atoms with E-state index in [1.807, 2.05) is 44.2 Å². The Bertz CT molecular complexity index is 558. The summed E-state index contributed by atoms with van der Waals surface area (Å²) in [6, 6.07) is 9.92. The van der Waals surface area contributed by atoms with Gasteiger partial charge in [-0.3, -0.25) is 9.59 Å². The van der Waals surface area contributed by atoms with E-state index in [-0.39, 0.29) is 11.8 Å². The van der Waals surface area contributed by atoms with Crippen LogP contribution >= 0.6 is 0 Å². The molecule has 1 amide bonds. The minimum atomic E-state index is -0.793. The summed E-state index contributed by atoms with van der Waals surface area (Å²) >= 11 is 0. The second-order valence-corrected chi connectivity index (χ2v) is 6.82. The van der Waals surface area contributed by atoms with Gasteiger partial charge in [0.2, 0.25) is 5.91 Å². The van der Waals surface area contributed by atoms with Gasteiger partial charge in [-0.15, -0.1) is 0 Å². The Kier molecular flexibility index (Phi) is 6.37.